The number of hydrogen-bond donors (Lipinski definition) is 2. The molecule has 24 heavy (non-hydrogen) atoms. The summed E-state index contributed by atoms with van der Waals surface area (Å²) in [5.41, 5.74) is 3.46. The number of sulfone groups is 1. The summed E-state index contributed by atoms with van der Waals surface area (Å²) < 4.78 is 23.2. The molecule has 0 saturated heterocycles. The SMILES string of the molecule is CCc1ccc(NC(=O)CNc2cc(S(C)(=O)=O)ccc2C)cc1. The van der Waals surface area contributed by atoms with Crippen molar-refractivity contribution in [3.63, 3.8) is 0 Å². The van der Waals surface area contributed by atoms with Gasteiger partial charge in [-0.15, -0.1) is 0 Å². The fourth-order valence-corrected chi connectivity index (χ4v) is 2.87. The van der Waals surface area contributed by atoms with Gasteiger partial charge >= 0.3 is 0 Å². The third-order valence-corrected chi connectivity index (χ3v) is 4.83. The fraction of sp³-hybridized carbons (Fsp3) is 0.278. The Morgan fingerprint density at radius 3 is 2.33 bits per heavy atom. The summed E-state index contributed by atoms with van der Waals surface area (Å²) in [5, 5.41) is 5.80. The maximum Gasteiger partial charge on any atom is 0.243 e. The molecule has 0 saturated carbocycles. The van der Waals surface area contributed by atoms with Gasteiger partial charge in [-0.1, -0.05) is 25.1 Å². The van der Waals surface area contributed by atoms with E-state index in [9.17, 15) is 13.2 Å². The molecular weight excluding hydrogens is 324 g/mol. The van der Waals surface area contributed by atoms with Crippen molar-refractivity contribution in [1.29, 1.82) is 0 Å². The molecular formula is C18H22N2O3S. The van der Waals surface area contributed by atoms with Crippen LogP contribution in [0.25, 0.3) is 0 Å². The predicted molar refractivity (Wildman–Crippen MR) is 97.2 cm³/mol. The highest BCUT2D eigenvalue weighted by Crippen LogP contribution is 2.20. The van der Waals surface area contributed by atoms with Crippen LogP contribution < -0.4 is 10.6 Å². The van der Waals surface area contributed by atoms with Gasteiger partial charge in [0, 0.05) is 17.6 Å². The van der Waals surface area contributed by atoms with E-state index in [0.29, 0.717) is 5.69 Å². The molecule has 1 amide bonds. The predicted octanol–water partition coefficient (Wildman–Crippen LogP) is 3.01. The van der Waals surface area contributed by atoms with Gasteiger partial charge in [-0.25, -0.2) is 8.42 Å². The molecule has 128 valence electrons. The largest absolute Gasteiger partial charge is 0.376 e. The molecule has 0 spiro atoms. The second-order valence-electron chi connectivity index (χ2n) is 5.70. The minimum absolute atomic E-state index is 0.0591. The molecule has 2 aromatic carbocycles. The lowest BCUT2D eigenvalue weighted by atomic mass is 10.1. The van der Waals surface area contributed by atoms with Gasteiger partial charge in [0.15, 0.2) is 9.84 Å². The molecule has 0 unspecified atom stereocenters. The summed E-state index contributed by atoms with van der Waals surface area (Å²) in [7, 11) is -3.28. The number of aryl methyl sites for hydroxylation is 2. The maximum absolute atomic E-state index is 12.0. The number of nitrogens with one attached hydrogen (secondary N) is 2. The van der Waals surface area contributed by atoms with E-state index in [-0.39, 0.29) is 17.3 Å². The number of amides is 1. The summed E-state index contributed by atoms with van der Waals surface area (Å²) in [6.07, 6.45) is 2.11. The molecule has 5 nitrogen and oxygen atoms in total. The zero-order valence-corrected chi connectivity index (χ0v) is 14.9. The Labute approximate surface area is 143 Å². The highest BCUT2D eigenvalue weighted by molar-refractivity contribution is 7.90. The number of anilines is 2. The summed E-state index contributed by atoms with van der Waals surface area (Å²) >= 11 is 0. The van der Waals surface area contributed by atoms with E-state index in [2.05, 4.69) is 17.6 Å². The van der Waals surface area contributed by atoms with Crippen LogP contribution in [-0.4, -0.2) is 27.1 Å². The number of hydrogen-bond acceptors (Lipinski definition) is 4. The van der Waals surface area contributed by atoms with Gasteiger partial charge in [0.25, 0.3) is 0 Å². The Bertz CT molecular complexity index is 828. The van der Waals surface area contributed by atoms with E-state index in [1.165, 1.54) is 5.56 Å². The first-order valence-corrected chi connectivity index (χ1v) is 9.62. The van der Waals surface area contributed by atoms with Gasteiger partial charge in [0.05, 0.1) is 11.4 Å². The maximum atomic E-state index is 12.0. The fourth-order valence-electron chi connectivity index (χ4n) is 2.23. The molecule has 2 rings (SSSR count). The van der Waals surface area contributed by atoms with Crippen LogP contribution in [0.2, 0.25) is 0 Å². The van der Waals surface area contributed by atoms with E-state index >= 15 is 0 Å². The van der Waals surface area contributed by atoms with Crippen molar-refractivity contribution < 1.29 is 13.2 Å². The molecule has 2 N–H and O–H groups in total. The Morgan fingerprint density at radius 2 is 1.75 bits per heavy atom. The molecule has 0 aliphatic heterocycles. The highest BCUT2D eigenvalue weighted by Gasteiger charge is 2.10. The van der Waals surface area contributed by atoms with E-state index in [1.807, 2.05) is 31.2 Å². The van der Waals surface area contributed by atoms with Crippen LogP contribution in [0.1, 0.15) is 18.1 Å². The molecule has 0 bridgehead atoms. The Morgan fingerprint density at radius 1 is 1.08 bits per heavy atom. The Balaban J connectivity index is 2.00. The summed E-state index contributed by atoms with van der Waals surface area (Å²) in [5.74, 6) is -0.191. The molecule has 6 heteroatoms. The third kappa shape index (κ3) is 4.83. The lowest BCUT2D eigenvalue weighted by molar-refractivity contribution is -0.114. The van der Waals surface area contributed by atoms with Crippen LogP contribution in [0, 0.1) is 6.92 Å². The Kier molecular flexibility index (Phi) is 5.62. The van der Waals surface area contributed by atoms with Gasteiger partial charge in [0.1, 0.15) is 0 Å². The van der Waals surface area contributed by atoms with Crippen molar-refractivity contribution in [1.82, 2.24) is 0 Å². The smallest absolute Gasteiger partial charge is 0.243 e. The van der Waals surface area contributed by atoms with Crippen molar-refractivity contribution in [2.75, 3.05) is 23.4 Å². The average molecular weight is 346 g/mol. The zero-order valence-electron chi connectivity index (χ0n) is 14.1. The van der Waals surface area contributed by atoms with Gasteiger partial charge in [-0.05, 0) is 48.7 Å². The normalized spacial score (nSPS) is 11.1. The second-order valence-corrected chi connectivity index (χ2v) is 7.72. The summed E-state index contributed by atoms with van der Waals surface area (Å²) in [6.45, 7) is 3.99. The summed E-state index contributed by atoms with van der Waals surface area (Å²) in [4.78, 5) is 12.3. The number of rotatable bonds is 6. The highest BCUT2D eigenvalue weighted by atomic mass is 32.2. The Hall–Kier alpha value is -2.34. The van der Waals surface area contributed by atoms with Gasteiger partial charge in [0.2, 0.25) is 5.91 Å². The molecule has 0 fully saturated rings. The number of carbonyl (C=O) groups is 1. The molecule has 2 aromatic rings. The number of carbonyl (C=O) groups excluding carboxylic acids is 1. The van der Waals surface area contributed by atoms with E-state index in [4.69, 9.17) is 0 Å². The second kappa shape index (κ2) is 7.49. The van der Waals surface area contributed by atoms with Crippen LogP contribution in [0.15, 0.2) is 47.4 Å². The van der Waals surface area contributed by atoms with Gasteiger partial charge < -0.3 is 10.6 Å². The topological polar surface area (TPSA) is 75.3 Å². The average Bonchev–Trinajstić information content (AvgIpc) is 2.53. The first-order chi connectivity index (χ1) is 11.3. The van der Waals surface area contributed by atoms with Crippen LogP contribution in [-0.2, 0) is 21.1 Å². The minimum atomic E-state index is -3.28. The molecule has 0 radical (unpaired) electrons. The monoisotopic (exact) mass is 346 g/mol. The quantitative estimate of drug-likeness (QED) is 0.843. The van der Waals surface area contributed by atoms with Crippen molar-refractivity contribution in [3.05, 3.63) is 53.6 Å². The first-order valence-electron chi connectivity index (χ1n) is 7.73. The minimum Gasteiger partial charge on any atom is -0.376 e. The molecule has 0 heterocycles. The van der Waals surface area contributed by atoms with Crippen molar-refractivity contribution in [3.8, 4) is 0 Å². The van der Waals surface area contributed by atoms with Crippen LogP contribution in [0.4, 0.5) is 11.4 Å². The van der Waals surface area contributed by atoms with Crippen LogP contribution >= 0.6 is 0 Å². The van der Waals surface area contributed by atoms with Crippen molar-refractivity contribution in [2.45, 2.75) is 25.2 Å². The first kappa shape index (κ1) is 18.0. The van der Waals surface area contributed by atoms with Crippen LogP contribution in [0.5, 0.6) is 0 Å². The molecule has 0 aliphatic carbocycles. The third-order valence-electron chi connectivity index (χ3n) is 3.72. The van der Waals surface area contributed by atoms with Gasteiger partial charge in [-0.3, -0.25) is 4.79 Å². The standard InChI is InChI=1S/C18H22N2O3S/c1-4-14-6-8-15(9-7-14)20-18(21)12-19-17-11-16(24(3,22)23)10-5-13(17)2/h5-11,19H,4,12H2,1-3H3,(H,20,21). The lowest BCUT2D eigenvalue weighted by Gasteiger charge is -2.11. The van der Waals surface area contributed by atoms with Crippen molar-refractivity contribution >= 4 is 27.1 Å². The number of benzene rings is 2. The van der Waals surface area contributed by atoms with E-state index in [1.54, 1.807) is 18.2 Å². The zero-order chi connectivity index (χ0) is 17.7. The lowest BCUT2D eigenvalue weighted by Crippen LogP contribution is -2.22. The van der Waals surface area contributed by atoms with Crippen LogP contribution in [0.3, 0.4) is 0 Å². The molecule has 0 aromatic heterocycles. The van der Waals surface area contributed by atoms with E-state index in [0.717, 1.165) is 23.9 Å². The molecule has 0 atom stereocenters. The summed E-state index contributed by atoms with van der Waals surface area (Å²) in [6, 6.07) is 12.5. The van der Waals surface area contributed by atoms with Gasteiger partial charge in [-0.2, -0.15) is 0 Å². The van der Waals surface area contributed by atoms with Crippen molar-refractivity contribution in [2.24, 2.45) is 0 Å². The molecule has 0 aliphatic rings. The van der Waals surface area contributed by atoms with E-state index < -0.39 is 9.84 Å².